The van der Waals surface area contributed by atoms with Crippen LogP contribution in [0.5, 0.6) is 5.75 Å². The van der Waals surface area contributed by atoms with Crippen molar-refractivity contribution in [1.29, 1.82) is 0 Å². The van der Waals surface area contributed by atoms with E-state index in [2.05, 4.69) is 0 Å². The highest BCUT2D eigenvalue weighted by molar-refractivity contribution is 5.97. The van der Waals surface area contributed by atoms with Gasteiger partial charge in [-0.05, 0) is 54.3 Å². The Morgan fingerprint density at radius 1 is 1.10 bits per heavy atom. The number of hydrogen-bond donors (Lipinski definition) is 0. The van der Waals surface area contributed by atoms with E-state index in [9.17, 15) is 13.6 Å². The van der Waals surface area contributed by atoms with Crippen molar-refractivity contribution in [2.24, 2.45) is 0 Å². The molecular formula is C17H14F2O2. The maximum Gasteiger partial charge on any atom is 0.167 e. The number of Topliss-reactive ketones (excluding diaryl/α,β-unsaturated/α-hetero) is 1. The number of ether oxygens (including phenoxy) is 1. The van der Waals surface area contributed by atoms with Gasteiger partial charge in [-0.3, -0.25) is 4.79 Å². The molecule has 2 aromatic carbocycles. The molecule has 2 nitrogen and oxygen atoms in total. The quantitative estimate of drug-likeness (QED) is 0.805. The molecule has 0 atom stereocenters. The lowest BCUT2D eigenvalue weighted by Gasteiger charge is -2.17. The first-order chi connectivity index (χ1) is 10.1. The van der Waals surface area contributed by atoms with Crippen LogP contribution >= 0.6 is 0 Å². The molecule has 2 aromatic rings. The average Bonchev–Trinajstić information content (AvgIpc) is 2.50. The largest absolute Gasteiger partial charge is 0.493 e. The molecule has 0 N–H and O–H groups in total. The number of halogens is 2. The third-order valence-electron chi connectivity index (χ3n) is 3.58. The van der Waals surface area contributed by atoms with Crippen LogP contribution in [0.15, 0.2) is 36.4 Å². The molecule has 0 spiro atoms. The van der Waals surface area contributed by atoms with Gasteiger partial charge in [-0.15, -0.1) is 0 Å². The van der Waals surface area contributed by atoms with Crippen LogP contribution in [0.25, 0.3) is 0 Å². The van der Waals surface area contributed by atoms with E-state index in [1.54, 1.807) is 12.1 Å². The second kappa shape index (κ2) is 5.64. The molecule has 1 aliphatic rings. The lowest BCUT2D eigenvalue weighted by atomic mass is 9.98. The van der Waals surface area contributed by atoms with Gasteiger partial charge in [0.05, 0.1) is 6.61 Å². The molecule has 1 heterocycles. The highest BCUT2D eigenvalue weighted by Gasteiger charge is 2.14. The Hall–Kier alpha value is -2.23. The molecule has 0 fully saturated rings. The summed E-state index contributed by atoms with van der Waals surface area (Å²) in [6.45, 7) is 0.704. The van der Waals surface area contributed by atoms with Gasteiger partial charge in [-0.25, -0.2) is 8.78 Å². The van der Waals surface area contributed by atoms with Gasteiger partial charge >= 0.3 is 0 Å². The molecule has 0 amide bonds. The smallest absolute Gasteiger partial charge is 0.167 e. The van der Waals surface area contributed by atoms with Gasteiger partial charge in [0.15, 0.2) is 17.4 Å². The molecule has 0 aliphatic carbocycles. The zero-order valence-electron chi connectivity index (χ0n) is 11.4. The molecule has 21 heavy (non-hydrogen) atoms. The molecule has 3 rings (SSSR count). The van der Waals surface area contributed by atoms with Crippen LogP contribution in [0.1, 0.15) is 27.9 Å². The summed E-state index contributed by atoms with van der Waals surface area (Å²) in [7, 11) is 0. The molecule has 1 aliphatic heterocycles. The minimum atomic E-state index is -0.931. The Morgan fingerprint density at radius 2 is 1.95 bits per heavy atom. The van der Waals surface area contributed by atoms with Crippen LogP contribution in [0, 0.1) is 11.6 Å². The van der Waals surface area contributed by atoms with Crippen LogP contribution in [0.4, 0.5) is 8.78 Å². The van der Waals surface area contributed by atoms with Crippen molar-refractivity contribution in [3.63, 3.8) is 0 Å². The second-order valence-electron chi connectivity index (χ2n) is 5.12. The molecule has 4 heteroatoms. The van der Waals surface area contributed by atoms with E-state index < -0.39 is 11.6 Å². The van der Waals surface area contributed by atoms with E-state index in [4.69, 9.17) is 4.74 Å². The topological polar surface area (TPSA) is 26.3 Å². The summed E-state index contributed by atoms with van der Waals surface area (Å²) >= 11 is 0. The number of ketones is 1. The summed E-state index contributed by atoms with van der Waals surface area (Å²) in [5.74, 6) is -1.13. The molecule has 0 saturated heterocycles. The maximum absolute atomic E-state index is 13.2. The van der Waals surface area contributed by atoms with Crippen molar-refractivity contribution >= 4 is 5.78 Å². The molecular weight excluding hydrogens is 274 g/mol. The van der Waals surface area contributed by atoms with E-state index in [1.165, 1.54) is 6.07 Å². The van der Waals surface area contributed by atoms with E-state index >= 15 is 0 Å². The first kappa shape index (κ1) is 13.7. The number of hydrogen-bond acceptors (Lipinski definition) is 2. The van der Waals surface area contributed by atoms with Crippen molar-refractivity contribution < 1.29 is 18.3 Å². The highest BCUT2D eigenvalue weighted by atomic mass is 19.2. The summed E-state index contributed by atoms with van der Waals surface area (Å²) in [5, 5.41) is 0. The number of rotatable bonds is 3. The van der Waals surface area contributed by atoms with Gasteiger partial charge in [0.25, 0.3) is 0 Å². The first-order valence-corrected chi connectivity index (χ1v) is 6.86. The minimum Gasteiger partial charge on any atom is -0.493 e. The molecule has 0 saturated carbocycles. The van der Waals surface area contributed by atoms with E-state index in [1.807, 2.05) is 6.07 Å². The molecule has 0 aromatic heterocycles. The zero-order chi connectivity index (χ0) is 14.8. The summed E-state index contributed by atoms with van der Waals surface area (Å²) in [6, 6.07) is 8.88. The van der Waals surface area contributed by atoms with Crippen LogP contribution in [-0.2, 0) is 12.8 Å². The predicted molar refractivity (Wildman–Crippen MR) is 74.7 cm³/mol. The van der Waals surface area contributed by atoms with Crippen LogP contribution in [0.3, 0.4) is 0 Å². The normalized spacial score (nSPS) is 13.4. The van der Waals surface area contributed by atoms with E-state index in [0.29, 0.717) is 17.7 Å². The van der Waals surface area contributed by atoms with E-state index in [0.717, 1.165) is 36.3 Å². The van der Waals surface area contributed by atoms with Crippen LogP contribution in [0.2, 0.25) is 0 Å². The number of benzene rings is 2. The predicted octanol–water partition coefficient (Wildman–Crippen LogP) is 3.72. The zero-order valence-corrected chi connectivity index (χ0v) is 11.4. The molecule has 0 bridgehead atoms. The SMILES string of the molecule is O=C(Cc1ccc(F)c(F)c1)c1ccc2c(c1)CCCO2. The fourth-order valence-corrected chi connectivity index (χ4v) is 2.47. The molecule has 0 radical (unpaired) electrons. The number of aryl methyl sites for hydroxylation is 1. The summed E-state index contributed by atoms with van der Waals surface area (Å²) in [5.41, 5.74) is 2.06. The third kappa shape index (κ3) is 2.94. The second-order valence-corrected chi connectivity index (χ2v) is 5.12. The minimum absolute atomic E-state index is 0.0524. The lowest BCUT2D eigenvalue weighted by Crippen LogP contribution is -2.10. The highest BCUT2D eigenvalue weighted by Crippen LogP contribution is 2.26. The van der Waals surface area contributed by atoms with Gasteiger partial charge in [-0.2, -0.15) is 0 Å². The van der Waals surface area contributed by atoms with Crippen molar-refractivity contribution in [1.82, 2.24) is 0 Å². The van der Waals surface area contributed by atoms with Gasteiger partial charge in [-0.1, -0.05) is 6.07 Å². The lowest BCUT2D eigenvalue weighted by molar-refractivity contribution is 0.0992. The van der Waals surface area contributed by atoms with Crippen molar-refractivity contribution in [3.8, 4) is 5.75 Å². The number of fused-ring (bicyclic) bond motifs is 1. The standard InChI is InChI=1S/C17H14F2O2/c18-14-5-3-11(8-15(14)19)9-16(20)12-4-6-17-13(10-12)2-1-7-21-17/h3-6,8,10H,1-2,7,9H2. The number of carbonyl (C=O) groups is 1. The van der Waals surface area contributed by atoms with E-state index in [-0.39, 0.29) is 12.2 Å². The van der Waals surface area contributed by atoms with Gasteiger partial charge in [0.1, 0.15) is 5.75 Å². The van der Waals surface area contributed by atoms with Crippen LogP contribution < -0.4 is 4.74 Å². The van der Waals surface area contributed by atoms with Crippen molar-refractivity contribution in [2.45, 2.75) is 19.3 Å². The molecule has 108 valence electrons. The summed E-state index contributed by atoms with van der Waals surface area (Å²) in [4.78, 5) is 12.2. The fraction of sp³-hybridized carbons (Fsp3) is 0.235. The molecule has 0 unspecified atom stereocenters. The first-order valence-electron chi connectivity index (χ1n) is 6.86. The average molecular weight is 288 g/mol. The Labute approximate surface area is 121 Å². The monoisotopic (exact) mass is 288 g/mol. The number of carbonyl (C=O) groups excluding carboxylic acids is 1. The Balaban J connectivity index is 1.80. The fourth-order valence-electron chi connectivity index (χ4n) is 2.47. The van der Waals surface area contributed by atoms with Gasteiger partial charge in [0, 0.05) is 12.0 Å². The summed E-state index contributed by atoms with van der Waals surface area (Å²) < 4.78 is 31.5. The Bertz CT molecular complexity index is 695. The van der Waals surface area contributed by atoms with Crippen molar-refractivity contribution in [3.05, 3.63) is 64.7 Å². The van der Waals surface area contributed by atoms with Crippen molar-refractivity contribution in [2.75, 3.05) is 6.61 Å². The third-order valence-corrected chi connectivity index (χ3v) is 3.58. The van der Waals surface area contributed by atoms with Crippen LogP contribution in [-0.4, -0.2) is 12.4 Å². The maximum atomic E-state index is 13.2. The Kier molecular flexibility index (Phi) is 3.69. The van der Waals surface area contributed by atoms with Gasteiger partial charge < -0.3 is 4.74 Å². The Morgan fingerprint density at radius 3 is 2.76 bits per heavy atom. The summed E-state index contributed by atoms with van der Waals surface area (Å²) in [6.07, 6.45) is 1.88. The van der Waals surface area contributed by atoms with Gasteiger partial charge in [0.2, 0.25) is 0 Å².